The van der Waals surface area contributed by atoms with Crippen LogP contribution < -0.4 is 14.8 Å². The summed E-state index contributed by atoms with van der Waals surface area (Å²) in [5, 5.41) is 15.9. The molecule has 6 heteroatoms. The van der Waals surface area contributed by atoms with Crippen molar-refractivity contribution in [3.05, 3.63) is 88.4 Å². The van der Waals surface area contributed by atoms with E-state index in [4.69, 9.17) is 14.2 Å². The number of para-hydroxylation sites is 2. The Hall–Kier alpha value is -2.38. The molecule has 2 N–H and O–H groups in total. The van der Waals surface area contributed by atoms with Gasteiger partial charge in [-0.05, 0) is 109 Å². The number of hydrogen-bond donors (Lipinski definition) is 2. The maximum absolute atomic E-state index is 12.4. The zero-order chi connectivity index (χ0) is 25.4. The lowest BCUT2D eigenvalue weighted by Crippen LogP contribution is -2.41. The van der Waals surface area contributed by atoms with Gasteiger partial charge in [-0.2, -0.15) is 0 Å². The summed E-state index contributed by atoms with van der Waals surface area (Å²) >= 11 is 3.59. The second-order valence-electron chi connectivity index (χ2n) is 9.58. The summed E-state index contributed by atoms with van der Waals surface area (Å²) in [4.78, 5) is 0. The van der Waals surface area contributed by atoms with Crippen molar-refractivity contribution in [2.45, 2.75) is 38.4 Å². The summed E-state index contributed by atoms with van der Waals surface area (Å²) in [6, 6.07) is 23.1. The lowest BCUT2D eigenvalue weighted by Gasteiger charge is -2.38. The molecule has 0 spiro atoms. The molecule has 0 saturated carbocycles. The Balaban J connectivity index is 1.73. The molecular weight excluding hydrogens is 518 g/mol. The first kappa shape index (κ1) is 26.7. The Morgan fingerprint density at radius 2 is 1.83 bits per heavy atom. The summed E-state index contributed by atoms with van der Waals surface area (Å²) in [5.74, 6) is 0.881. The normalized spacial score (nSPS) is 18.3. The van der Waals surface area contributed by atoms with Gasteiger partial charge in [0.25, 0.3) is 0 Å². The molecule has 0 amide bonds. The summed E-state index contributed by atoms with van der Waals surface area (Å²) in [6.45, 7) is 4.64. The van der Waals surface area contributed by atoms with E-state index in [2.05, 4.69) is 21.2 Å². The van der Waals surface area contributed by atoms with E-state index in [0.29, 0.717) is 36.0 Å². The molecule has 2 unspecified atom stereocenters. The van der Waals surface area contributed by atoms with Gasteiger partial charge < -0.3 is 24.6 Å². The average molecular weight is 555 g/mol. The van der Waals surface area contributed by atoms with Gasteiger partial charge >= 0.3 is 0 Å². The van der Waals surface area contributed by atoms with Crippen LogP contribution in [-0.4, -0.2) is 31.9 Å². The molecule has 0 bridgehead atoms. The zero-order valence-electron chi connectivity index (χ0n) is 21.1. The molecule has 0 aliphatic carbocycles. The van der Waals surface area contributed by atoms with Gasteiger partial charge in [-0.1, -0.05) is 36.4 Å². The maximum Gasteiger partial charge on any atom is 0.238 e. The lowest BCUT2D eigenvalue weighted by molar-refractivity contribution is -0.166. The van der Waals surface area contributed by atoms with Gasteiger partial charge in [0, 0.05) is 20.1 Å². The molecule has 1 heterocycles. The number of ether oxygens (including phenoxy) is 3. The molecule has 192 valence electrons. The zero-order valence-corrected chi connectivity index (χ0v) is 22.7. The minimum atomic E-state index is -1.61. The third kappa shape index (κ3) is 6.88. The number of methoxy groups -OCH3 is 1. The predicted octanol–water partition coefficient (Wildman–Crippen LogP) is 6.82. The fourth-order valence-electron chi connectivity index (χ4n) is 5.01. The van der Waals surface area contributed by atoms with Crippen LogP contribution in [0, 0.1) is 18.8 Å². The third-order valence-corrected chi connectivity index (χ3v) is 7.53. The molecule has 0 radical (unpaired) electrons. The fourth-order valence-corrected chi connectivity index (χ4v) is 5.38. The average Bonchev–Trinajstić information content (AvgIpc) is 2.89. The first-order valence-corrected chi connectivity index (χ1v) is 13.5. The van der Waals surface area contributed by atoms with Crippen LogP contribution in [0.2, 0.25) is 0 Å². The summed E-state index contributed by atoms with van der Waals surface area (Å²) in [5.41, 5.74) is 1.71. The highest BCUT2D eigenvalue weighted by Gasteiger charge is 2.40. The lowest BCUT2D eigenvalue weighted by atomic mass is 9.78. The number of aliphatic hydroxyl groups is 1. The topological polar surface area (TPSA) is 60.0 Å². The van der Waals surface area contributed by atoms with Crippen LogP contribution in [0.3, 0.4) is 0 Å². The second-order valence-corrected chi connectivity index (χ2v) is 10.4. The Morgan fingerprint density at radius 3 is 2.56 bits per heavy atom. The van der Waals surface area contributed by atoms with Crippen molar-refractivity contribution in [3.63, 3.8) is 0 Å². The molecular formula is C30H36BrNO4. The highest BCUT2D eigenvalue weighted by atomic mass is 79.9. The monoisotopic (exact) mass is 553 g/mol. The van der Waals surface area contributed by atoms with Crippen molar-refractivity contribution in [1.29, 1.82) is 0 Å². The second kappa shape index (κ2) is 12.7. The van der Waals surface area contributed by atoms with Crippen LogP contribution in [0.1, 0.15) is 36.8 Å². The Morgan fingerprint density at radius 1 is 1.06 bits per heavy atom. The predicted molar refractivity (Wildman–Crippen MR) is 147 cm³/mol. The van der Waals surface area contributed by atoms with Gasteiger partial charge in [0.05, 0.1) is 10.0 Å². The van der Waals surface area contributed by atoms with Crippen LogP contribution in [-0.2, 0) is 10.5 Å². The smallest absolute Gasteiger partial charge is 0.238 e. The van der Waals surface area contributed by atoms with E-state index in [9.17, 15) is 5.11 Å². The molecule has 1 fully saturated rings. The largest absolute Gasteiger partial charge is 0.457 e. The number of aryl methyl sites for hydroxylation is 1. The Kier molecular flexibility index (Phi) is 9.43. The third-order valence-electron chi connectivity index (χ3n) is 6.87. The molecule has 4 rings (SSSR count). The van der Waals surface area contributed by atoms with Gasteiger partial charge in [-0.3, -0.25) is 0 Å². The first-order valence-electron chi connectivity index (χ1n) is 12.7. The summed E-state index contributed by atoms with van der Waals surface area (Å²) in [6.07, 6.45) is 3.50. The number of hydrogen-bond acceptors (Lipinski definition) is 5. The minimum absolute atomic E-state index is 0.192. The minimum Gasteiger partial charge on any atom is -0.457 e. The standard InChI is InChI=1S/C30H36BrNO4/c1-22-9-7-11-25(19-22)35-28-14-5-3-12-26(28)30(33,36-29-15-6-4-13-27(29)31)20-23(16-18-34-2)24-10-8-17-32-21-24/h3-7,9,11-15,19,23-24,32-33H,8,10,16-18,20-21H2,1-2H3/t23?,24?,30-/m0/s1. The number of halogens is 1. The van der Waals surface area contributed by atoms with E-state index in [1.807, 2.05) is 79.7 Å². The van der Waals surface area contributed by atoms with Crippen molar-refractivity contribution < 1.29 is 19.3 Å². The molecule has 1 aliphatic heterocycles. The van der Waals surface area contributed by atoms with Gasteiger partial charge in [0.2, 0.25) is 5.79 Å². The van der Waals surface area contributed by atoms with Crippen LogP contribution in [0.5, 0.6) is 17.2 Å². The van der Waals surface area contributed by atoms with E-state index >= 15 is 0 Å². The van der Waals surface area contributed by atoms with Crippen LogP contribution in [0.15, 0.2) is 77.3 Å². The molecule has 36 heavy (non-hydrogen) atoms. The van der Waals surface area contributed by atoms with E-state index in [-0.39, 0.29) is 5.92 Å². The van der Waals surface area contributed by atoms with E-state index < -0.39 is 5.79 Å². The highest BCUT2D eigenvalue weighted by Crippen LogP contribution is 2.43. The summed E-state index contributed by atoms with van der Waals surface area (Å²) in [7, 11) is 1.73. The molecule has 1 saturated heterocycles. The number of benzene rings is 3. The highest BCUT2D eigenvalue weighted by molar-refractivity contribution is 9.10. The number of rotatable bonds is 11. The molecule has 3 aromatic carbocycles. The van der Waals surface area contributed by atoms with E-state index in [0.717, 1.165) is 48.1 Å². The van der Waals surface area contributed by atoms with Crippen molar-refractivity contribution in [1.82, 2.24) is 5.32 Å². The van der Waals surface area contributed by atoms with Gasteiger partial charge in [-0.15, -0.1) is 0 Å². The molecule has 3 atom stereocenters. The SMILES string of the molecule is COCCC(C[C@](O)(Oc1ccccc1Br)c1ccccc1Oc1cccc(C)c1)C1CCCNC1. The Labute approximate surface area is 222 Å². The van der Waals surface area contributed by atoms with Gasteiger partial charge in [0.1, 0.15) is 17.2 Å². The first-order chi connectivity index (χ1) is 17.5. The quantitative estimate of drug-likeness (QED) is 0.255. The molecule has 1 aliphatic rings. The Bertz CT molecular complexity index is 1120. The van der Waals surface area contributed by atoms with E-state index in [1.54, 1.807) is 7.11 Å². The van der Waals surface area contributed by atoms with E-state index in [1.165, 1.54) is 0 Å². The summed E-state index contributed by atoms with van der Waals surface area (Å²) < 4.78 is 19.1. The van der Waals surface area contributed by atoms with Crippen molar-refractivity contribution >= 4 is 15.9 Å². The van der Waals surface area contributed by atoms with Crippen molar-refractivity contribution in [2.75, 3.05) is 26.8 Å². The molecule has 5 nitrogen and oxygen atoms in total. The number of nitrogens with one attached hydrogen (secondary N) is 1. The van der Waals surface area contributed by atoms with Gasteiger partial charge in [0.15, 0.2) is 0 Å². The van der Waals surface area contributed by atoms with Crippen molar-refractivity contribution in [2.24, 2.45) is 11.8 Å². The maximum atomic E-state index is 12.4. The van der Waals surface area contributed by atoms with Crippen LogP contribution >= 0.6 is 15.9 Å². The van der Waals surface area contributed by atoms with Crippen LogP contribution in [0.4, 0.5) is 0 Å². The van der Waals surface area contributed by atoms with Gasteiger partial charge in [-0.25, -0.2) is 0 Å². The fraction of sp³-hybridized carbons (Fsp3) is 0.400. The number of piperidine rings is 1. The van der Waals surface area contributed by atoms with Crippen LogP contribution in [0.25, 0.3) is 0 Å². The molecule has 3 aromatic rings. The molecule has 0 aromatic heterocycles. The van der Waals surface area contributed by atoms with Crippen molar-refractivity contribution in [3.8, 4) is 17.2 Å².